The van der Waals surface area contributed by atoms with Gasteiger partial charge in [0.15, 0.2) is 9.84 Å². The van der Waals surface area contributed by atoms with Crippen LogP contribution in [0.25, 0.3) is 0 Å². The number of rotatable bonds is 5. The van der Waals surface area contributed by atoms with E-state index >= 15 is 0 Å². The molecule has 0 aromatic heterocycles. The number of aliphatic hydroxyl groups is 2. The Hall–Kier alpha value is -0.130. The Morgan fingerprint density at radius 2 is 2.00 bits per heavy atom. The highest BCUT2D eigenvalue weighted by Crippen LogP contribution is 2.35. The zero-order valence-electron chi connectivity index (χ0n) is 7.68. The molecule has 1 aliphatic rings. The van der Waals surface area contributed by atoms with Crippen LogP contribution in [-0.2, 0) is 9.84 Å². The van der Waals surface area contributed by atoms with E-state index in [2.05, 4.69) is 0 Å². The first-order valence-electron chi connectivity index (χ1n) is 4.53. The minimum atomic E-state index is -3.31. The molecule has 4 nitrogen and oxygen atoms in total. The summed E-state index contributed by atoms with van der Waals surface area (Å²) in [5.41, 5.74) is 0. The Morgan fingerprint density at radius 3 is 2.31 bits per heavy atom. The van der Waals surface area contributed by atoms with Gasteiger partial charge in [0.05, 0.1) is 12.7 Å². The Labute approximate surface area is 78.5 Å². The van der Waals surface area contributed by atoms with Crippen molar-refractivity contribution in [1.29, 1.82) is 0 Å². The molecule has 2 N–H and O–H groups in total. The molecule has 0 aromatic rings. The summed E-state index contributed by atoms with van der Waals surface area (Å²) in [6.45, 7) is 1.05. The molecule has 13 heavy (non-hydrogen) atoms. The average Bonchev–Trinajstić information content (AvgIpc) is 2.87. The third-order valence-corrected chi connectivity index (χ3v) is 4.68. The monoisotopic (exact) mass is 208 g/mol. The second-order valence-electron chi connectivity index (χ2n) is 3.50. The lowest BCUT2D eigenvalue weighted by atomic mass is 10.2. The molecule has 1 aliphatic carbocycles. The fourth-order valence-corrected chi connectivity index (χ4v) is 2.69. The van der Waals surface area contributed by atoms with Gasteiger partial charge in [0, 0.05) is 5.75 Å². The SMILES string of the molecule is CCS(=O)(=O)[C@@H](CO)[C@@H](O)C1CC1. The minimum absolute atomic E-state index is 0.0258. The quantitative estimate of drug-likeness (QED) is 0.642. The zero-order chi connectivity index (χ0) is 10.1. The molecule has 2 atom stereocenters. The van der Waals surface area contributed by atoms with Crippen LogP contribution >= 0.6 is 0 Å². The Kier molecular flexibility index (Phi) is 3.32. The highest BCUT2D eigenvalue weighted by Gasteiger charge is 2.40. The fraction of sp³-hybridized carbons (Fsp3) is 1.00. The summed E-state index contributed by atoms with van der Waals surface area (Å²) >= 11 is 0. The van der Waals surface area contributed by atoms with Gasteiger partial charge in [-0.1, -0.05) is 6.92 Å². The molecule has 0 unspecified atom stereocenters. The van der Waals surface area contributed by atoms with Crippen LogP contribution in [0.2, 0.25) is 0 Å². The van der Waals surface area contributed by atoms with E-state index in [4.69, 9.17) is 5.11 Å². The van der Waals surface area contributed by atoms with Gasteiger partial charge in [-0.05, 0) is 18.8 Å². The van der Waals surface area contributed by atoms with E-state index in [1.165, 1.54) is 6.92 Å². The van der Waals surface area contributed by atoms with Crippen molar-refractivity contribution in [2.24, 2.45) is 5.92 Å². The van der Waals surface area contributed by atoms with Gasteiger partial charge in [0.2, 0.25) is 0 Å². The maximum Gasteiger partial charge on any atom is 0.157 e. The van der Waals surface area contributed by atoms with E-state index in [1.807, 2.05) is 0 Å². The topological polar surface area (TPSA) is 74.6 Å². The highest BCUT2D eigenvalue weighted by atomic mass is 32.2. The molecular formula is C8H16O4S. The van der Waals surface area contributed by atoms with Gasteiger partial charge in [-0.3, -0.25) is 0 Å². The molecule has 0 amide bonds. The molecule has 1 fully saturated rings. The molecule has 1 saturated carbocycles. The summed E-state index contributed by atoms with van der Waals surface area (Å²) in [5.74, 6) is 0.0561. The number of sulfone groups is 1. The van der Waals surface area contributed by atoms with Crippen LogP contribution in [0.1, 0.15) is 19.8 Å². The molecule has 0 bridgehead atoms. The molecule has 0 aliphatic heterocycles. The van der Waals surface area contributed by atoms with Crippen molar-refractivity contribution in [3.8, 4) is 0 Å². The first-order chi connectivity index (χ1) is 6.03. The van der Waals surface area contributed by atoms with E-state index in [-0.39, 0.29) is 11.7 Å². The summed E-state index contributed by atoms with van der Waals surface area (Å²) in [4.78, 5) is 0. The predicted molar refractivity (Wildman–Crippen MR) is 49.1 cm³/mol. The summed E-state index contributed by atoms with van der Waals surface area (Å²) < 4.78 is 22.8. The molecule has 5 heteroatoms. The van der Waals surface area contributed by atoms with Crippen LogP contribution in [0.3, 0.4) is 0 Å². The molecule has 0 radical (unpaired) electrons. The van der Waals surface area contributed by atoms with Crippen molar-refractivity contribution in [3.63, 3.8) is 0 Å². The summed E-state index contributed by atoms with van der Waals surface area (Å²) in [5, 5.41) is 17.5. The number of aliphatic hydroxyl groups excluding tert-OH is 2. The van der Waals surface area contributed by atoms with Gasteiger partial charge in [-0.15, -0.1) is 0 Å². The summed E-state index contributed by atoms with van der Waals surface area (Å²) in [7, 11) is -3.31. The minimum Gasteiger partial charge on any atom is -0.395 e. The van der Waals surface area contributed by atoms with Crippen LogP contribution in [0, 0.1) is 5.92 Å². The van der Waals surface area contributed by atoms with Gasteiger partial charge in [0.1, 0.15) is 5.25 Å². The van der Waals surface area contributed by atoms with Crippen molar-refractivity contribution in [2.75, 3.05) is 12.4 Å². The van der Waals surface area contributed by atoms with E-state index in [1.54, 1.807) is 0 Å². The Bertz CT molecular complexity index is 255. The maximum absolute atomic E-state index is 11.4. The summed E-state index contributed by atoms with van der Waals surface area (Å²) in [6, 6.07) is 0. The Morgan fingerprint density at radius 1 is 1.46 bits per heavy atom. The predicted octanol–water partition coefficient (Wildman–Crippen LogP) is -0.447. The fourth-order valence-electron chi connectivity index (χ4n) is 1.39. The lowest BCUT2D eigenvalue weighted by Gasteiger charge is -2.19. The third kappa shape index (κ3) is 2.42. The maximum atomic E-state index is 11.4. The smallest absolute Gasteiger partial charge is 0.157 e. The average molecular weight is 208 g/mol. The van der Waals surface area contributed by atoms with Crippen LogP contribution in [0.5, 0.6) is 0 Å². The number of hydrogen-bond donors (Lipinski definition) is 2. The van der Waals surface area contributed by atoms with Crippen molar-refractivity contribution < 1.29 is 18.6 Å². The molecule has 78 valence electrons. The van der Waals surface area contributed by atoms with E-state index in [0.717, 1.165) is 12.8 Å². The zero-order valence-corrected chi connectivity index (χ0v) is 8.50. The third-order valence-electron chi connectivity index (χ3n) is 2.53. The highest BCUT2D eigenvalue weighted by molar-refractivity contribution is 7.92. The Balaban J connectivity index is 2.71. The van der Waals surface area contributed by atoms with Crippen LogP contribution in [0.15, 0.2) is 0 Å². The van der Waals surface area contributed by atoms with Crippen molar-refractivity contribution in [1.82, 2.24) is 0 Å². The van der Waals surface area contributed by atoms with E-state index < -0.39 is 27.8 Å². The lowest BCUT2D eigenvalue weighted by Crippen LogP contribution is -2.39. The van der Waals surface area contributed by atoms with Gasteiger partial charge in [-0.2, -0.15) is 0 Å². The van der Waals surface area contributed by atoms with Gasteiger partial charge in [-0.25, -0.2) is 8.42 Å². The molecule has 0 saturated heterocycles. The van der Waals surface area contributed by atoms with E-state index in [0.29, 0.717) is 0 Å². The van der Waals surface area contributed by atoms with Crippen molar-refractivity contribution in [3.05, 3.63) is 0 Å². The van der Waals surface area contributed by atoms with E-state index in [9.17, 15) is 13.5 Å². The normalized spacial score (nSPS) is 22.7. The van der Waals surface area contributed by atoms with Crippen LogP contribution < -0.4 is 0 Å². The molecule has 0 aromatic carbocycles. The summed E-state index contributed by atoms with van der Waals surface area (Å²) in [6.07, 6.45) is 0.864. The van der Waals surface area contributed by atoms with Gasteiger partial charge >= 0.3 is 0 Å². The standard InChI is InChI=1S/C8H16O4S/c1-2-13(11,12)7(5-9)8(10)6-3-4-6/h6-10H,2-5H2,1H3/t7-,8-/m0/s1. The van der Waals surface area contributed by atoms with Crippen LogP contribution in [0.4, 0.5) is 0 Å². The molecule has 0 heterocycles. The first-order valence-corrected chi connectivity index (χ1v) is 6.25. The van der Waals surface area contributed by atoms with Gasteiger partial charge < -0.3 is 10.2 Å². The van der Waals surface area contributed by atoms with Crippen molar-refractivity contribution in [2.45, 2.75) is 31.1 Å². The lowest BCUT2D eigenvalue weighted by molar-refractivity contribution is 0.117. The molecule has 1 rings (SSSR count). The molecule has 0 spiro atoms. The van der Waals surface area contributed by atoms with Gasteiger partial charge in [0.25, 0.3) is 0 Å². The second-order valence-corrected chi connectivity index (χ2v) is 6.01. The second kappa shape index (κ2) is 3.94. The van der Waals surface area contributed by atoms with Crippen molar-refractivity contribution >= 4 is 9.84 Å². The molecular weight excluding hydrogens is 192 g/mol. The number of hydrogen-bond acceptors (Lipinski definition) is 4. The first kappa shape index (κ1) is 10.9. The van der Waals surface area contributed by atoms with Crippen LogP contribution in [-0.4, -0.2) is 42.3 Å². The largest absolute Gasteiger partial charge is 0.395 e.